The van der Waals surface area contributed by atoms with Crippen LogP contribution in [0.1, 0.15) is 32.7 Å². The van der Waals surface area contributed by atoms with Gasteiger partial charge in [-0.15, -0.1) is 22.7 Å². The van der Waals surface area contributed by atoms with Crippen molar-refractivity contribution in [1.29, 1.82) is 0 Å². The maximum atomic E-state index is 12.8. The molecule has 0 bridgehead atoms. The molecule has 1 fully saturated rings. The van der Waals surface area contributed by atoms with Crippen molar-refractivity contribution in [2.24, 2.45) is 5.92 Å². The summed E-state index contributed by atoms with van der Waals surface area (Å²) in [5, 5.41) is 1.96. The molecule has 3 aromatic rings. The third-order valence-electron chi connectivity index (χ3n) is 7.08. The van der Waals surface area contributed by atoms with Crippen LogP contribution in [0.4, 0.5) is 0 Å². The Bertz CT molecular complexity index is 1290. The second-order valence-corrected chi connectivity index (χ2v) is 11.6. The maximum absolute atomic E-state index is 12.8. The van der Waals surface area contributed by atoms with Crippen LogP contribution in [0, 0.1) is 5.92 Å². The second-order valence-electron chi connectivity index (χ2n) is 9.44. The van der Waals surface area contributed by atoms with Gasteiger partial charge in [-0.25, -0.2) is 0 Å². The molecule has 0 saturated carbocycles. The van der Waals surface area contributed by atoms with Gasteiger partial charge >= 0.3 is 0 Å². The van der Waals surface area contributed by atoms with Crippen molar-refractivity contribution in [2.75, 3.05) is 39.4 Å². The van der Waals surface area contributed by atoms with Crippen LogP contribution in [0.5, 0.6) is 0 Å². The van der Waals surface area contributed by atoms with Crippen molar-refractivity contribution in [3.63, 3.8) is 0 Å². The molecule has 3 aliphatic rings. The molecule has 0 spiro atoms. The van der Waals surface area contributed by atoms with E-state index in [9.17, 15) is 4.79 Å². The van der Waals surface area contributed by atoms with Gasteiger partial charge in [-0.05, 0) is 46.7 Å². The summed E-state index contributed by atoms with van der Waals surface area (Å²) >= 11 is 3.38. The van der Waals surface area contributed by atoms with Gasteiger partial charge in [0.05, 0.1) is 23.8 Å². The van der Waals surface area contributed by atoms with Crippen LogP contribution >= 0.6 is 22.7 Å². The van der Waals surface area contributed by atoms with Crippen LogP contribution in [0.3, 0.4) is 0 Å². The highest BCUT2D eigenvalue weighted by atomic mass is 32.1. The van der Waals surface area contributed by atoms with Gasteiger partial charge in [0, 0.05) is 66.2 Å². The Balaban J connectivity index is 1.20. The number of thiophene rings is 2. The molecule has 180 valence electrons. The van der Waals surface area contributed by atoms with E-state index in [0.717, 1.165) is 56.4 Å². The van der Waals surface area contributed by atoms with Crippen molar-refractivity contribution >= 4 is 34.2 Å². The van der Waals surface area contributed by atoms with E-state index in [2.05, 4.69) is 42.2 Å². The van der Waals surface area contributed by atoms with Gasteiger partial charge < -0.3 is 9.64 Å². The number of ether oxygens (including phenoxy) is 1. The van der Waals surface area contributed by atoms with Gasteiger partial charge in [-0.1, -0.05) is 25.1 Å². The molecular formula is C28H29N3O2S2. The van der Waals surface area contributed by atoms with Crippen LogP contribution in [-0.2, 0) is 17.7 Å². The lowest BCUT2D eigenvalue weighted by Gasteiger charge is -2.31. The Labute approximate surface area is 214 Å². The molecule has 5 heterocycles. The Morgan fingerprint density at radius 2 is 2.09 bits per heavy atom. The number of hydrogen-bond donors (Lipinski definition) is 0. The quantitative estimate of drug-likeness (QED) is 0.470. The number of hydrogen-bond acceptors (Lipinski definition) is 6. The molecule has 1 aliphatic carbocycles. The number of morpholine rings is 1. The molecule has 1 amide bonds. The SMILES string of the molecule is CC1CN(C(=O)c2cccs2)CC=C1C1=CCc2ncc(-c3ccc(CN4CCOCC4)s3)cc21. The summed E-state index contributed by atoms with van der Waals surface area (Å²) in [4.78, 5) is 25.6. The van der Waals surface area contributed by atoms with Gasteiger partial charge in [-0.3, -0.25) is 14.7 Å². The van der Waals surface area contributed by atoms with Crippen LogP contribution < -0.4 is 0 Å². The molecule has 0 aromatic carbocycles. The van der Waals surface area contributed by atoms with Crippen LogP contribution in [0.25, 0.3) is 16.0 Å². The minimum absolute atomic E-state index is 0.137. The Hall–Kier alpha value is -2.58. The first kappa shape index (κ1) is 22.9. The molecule has 6 rings (SSSR count). The molecule has 1 unspecified atom stereocenters. The van der Waals surface area contributed by atoms with Gasteiger partial charge in [0.2, 0.25) is 0 Å². The number of rotatable bonds is 5. The molecular weight excluding hydrogens is 474 g/mol. The highest BCUT2D eigenvalue weighted by Crippen LogP contribution is 2.40. The zero-order valence-corrected chi connectivity index (χ0v) is 21.5. The van der Waals surface area contributed by atoms with Gasteiger partial charge in [0.25, 0.3) is 5.91 Å². The average molecular weight is 504 g/mol. The Morgan fingerprint density at radius 1 is 1.20 bits per heavy atom. The van der Waals surface area contributed by atoms with E-state index < -0.39 is 0 Å². The number of carbonyl (C=O) groups is 1. The monoisotopic (exact) mass is 503 g/mol. The second kappa shape index (κ2) is 9.82. The number of pyridine rings is 1. The fourth-order valence-corrected chi connectivity index (χ4v) is 6.94. The van der Waals surface area contributed by atoms with Crippen LogP contribution in [0.15, 0.2) is 59.6 Å². The normalized spacial score (nSPS) is 20.5. The molecule has 35 heavy (non-hydrogen) atoms. The summed E-state index contributed by atoms with van der Waals surface area (Å²) in [6.45, 7) is 8.29. The molecule has 5 nitrogen and oxygen atoms in total. The largest absolute Gasteiger partial charge is 0.379 e. The number of aromatic nitrogens is 1. The lowest BCUT2D eigenvalue weighted by molar-refractivity contribution is 0.0346. The average Bonchev–Trinajstić information content (AvgIpc) is 3.65. The first-order valence-electron chi connectivity index (χ1n) is 12.3. The maximum Gasteiger partial charge on any atom is 0.264 e. The lowest BCUT2D eigenvalue weighted by Crippen LogP contribution is -2.38. The number of nitrogens with zero attached hydrogens (tertiary/aromatic N) is 3. The third kappa shape index (κ3) is 4.66. The van der Waals surface area contributed by atoms with Crippen molar-refractivity contribution in [1.82, 2.24) is 14.8 Å². The van der Waals surface area contributed by atoms with Gasteiger partial charge in [0.1, 0.15) is 0 Å². The fourth-order valence-electron chi connectivity index (χ4n) is 5.21. The fraction of sp³-hybridized carbons (Fsp3) is 0.357. The van der Waals surface area contributed by atoms with E-state index in [4.69, 9.17) is 9.72 Å². The smallest absolute Gasteiger partial charge is 0.264 e. The summed E-state index contributed by atoms with van der Waals surface area (Å²) in [7, 11) is 0. The first-order chi connectivity index (χ1) is 17.2. The van der Waals surface area contributed by atoms with Crippen LogP contribution in [0.2, 0.25) is 0 Å². The zero-order chi connectivity index (χ0) is 23.8. The molecule has 0 radical (unpaired) electrons. The lowest BCUT2D eigenvalue weighted by atomic mass is 9.87. The van der Waals surface area contributed by atoms with E-state index in [1.165, 1.54) is 43.4 Å². The minimum Gasteiger partial charge on any atom is -0.379 e. The van der Waals surface area contributed by atoms with Gasteiger partial charge in [-0.2, -0.15) is 0 Å². The van der Waals surface area contributed by atoms with E-state index >= 15 is 0 Å². The molecule has 2 aliphatic heterocycles. The van der Waals surface area contributed by atoms with Crippen molar-refractivity contribution in [2.45, 2.75) is 19.9 Å². The Kier molecular flexibility index (Phi) is 6.41. The molecule has 1 atom stereocenters. The predicted molar refractivity (Wildman–Crippen MR) is 143 cm³/mol. The summed E-state index contributed by atoms with van der Waals surface area (Å²) in [6.07, 6.45) is 7.47. The van der Waals surface area contributed by atoms with Crippen molar-refractivity contribution in [3.05, 3.63) is 80.6 Å². The van der Waals surface area contributed by atoms with Crippen LogP contribution in [-0.4, -0.2) is 60.1 Å². The Morgan fingerprint density at radius 3 is 2.89 bits per heavy atom. The van der Waals surface area contributed by atoms with E-state index in [0.29, 0.717) is 6.54 Å². The zero-order valence-electron chi connectivity index (χ0n) is 19.9. The summed E-state index contributed by atoms with van der Waals surface area (Å²) in [5.74, 6) is 0.424. The molecule has 1 saturated heterocycles. The predicted octanol–water partition coefficient (Wildman–Crippen LogP) is 5.36. The van der Waals surface area contributed by atoms with E-state index in [1.54, 1.807) is 0 Å². The minimum atomic E-state index is 0.137. The molecule has 7 heteroatoms. The summed E-state index contributed by atoms with van der Waals surface area (Å²) < 4.78 is 5.48. The standard InChI is InChI=1S/C28H29N3O2S2/c1-19-17-31(28(32)27-3-2-14-34-27)9-8-22(19)23-5-6-25-24(23)15-20(16-29-25)26-7-4-21(35-26)18-30-10-12-33-13-11-30/h2-5,7-8,14-16,19H,6,9-13,17-18H2,1H3. The summed E-state index contributed by atoms with van der Waals surface area (Å²) in [5.41, 5.74) is 6.24. The van der Waals surface area contributed by atoms with Crippen molar-refractivity contribution < 1.29 is 9.53 Å². The third-order valence-corrected chi connectivity index (χ3v) is 9.05. The highest BCUT2D eigenvalue weighted by molar-refractivity contribution is 7.15. The summed E-state index contributed by atoms with van der Waals surface area (Å²) in [6, 6.07) is 10.7. The number of carbonyl (C=O) groups excluding carboxylic acids is 1. The number of allylic oxidation sites excluding steroid dienone is 2. The van der Waals surface area contributed by atoms with Crippen molar-refractivity contribution in [3.8, 4) is 10.4 Å². The van der Waals surface area contributed by atoms with E-state index in [1.807, 2.05) is 39.9 Å². The molecule has 3 aromatic heterocycles. The first-order valence-corrected chi connectivity index (χ1v) is 14.0. The van der Waals surface area contributed by atoms with Gasteiger partial charge in [0.15, 0.2) is 0 Å². The topological polar surface area (TPSA) is 45.7 Å². The molecule has 0 N–H and O–H groups in total. The number of fused-ring (bicyclic) bond motifs is 1. The highest BCUT2D eigenvalue weighted by Gasteiger charge is 2.29. The van der Waals surface area contributed by atoms with E-state index in [-0.39, 0.29) is 11.8 Å². The number of amides is 1.